The third-order valence-electron chi connectivity index (χ3n) is 7.56. The van der Waals surface area contributed by atoms with Crippen molar-refractivity contribution < 1.29 is 27.1 Å². The highest BCUT2D eigenvalue weighted by Crippen LogP contribution is 2.35. The number of nitrogens with zero attached hydrogens (tertiary/aromatic N) is 2. The van der Waals surface area contributed by atoms with Gasteiger partial charge in [0.1, 0.15) is 24.2 Å². The number of carbonyl (C=O) groups excluding carboxylic acids is 2. The molecule has 0 aliphatic carbocycles. The highest BCUT2D eigenvalue weighted by Gasteiger charge is 2.36. The molecule has 4 rings (SSSR count). The summed E-state index contributed by atoms with van der Waals surface area (Å²) in [4.78, 5) is 29.7. The Hall–Kier alpha value is -4.41. The van der Waals surface area contributed by atoms with E-state index in [-0.39, 0.29) is 40.4 Å². The van der Waals surface area contributed by atoms with Crippen molar-refractivity contribution in [1.82, 2.24) is 10.2 Å². The first kappa shape index (κ1) is 34.5. The van der Waals surface area contributed by atoms with Crippen LogP contribution < -0.4 is 14.4 Å². The van der Waals surface area contributed by atoms with Crippen molar-refractivity contribution in [3.63, 3.8) is 0 Å². The second-order valence-electron chi connectivity index (χ2n) is 10.8. The average Bonchev–Trinajstić information content (AvgIpc) is 3.06. The van der Waals surface area contributed by atoms with E-state index < -0.39 is 40.2 Å². The van der Waals surface area contributed by atoms with E-state index in [1.165, 1.54) is 60.5 Å². The molecule has 0 unspecified atom stereocenters. The first-order chi connectivity index (χ1) is 22.0. The lowest BCUT2D eigenvalue weighted by atomic mass is 10.0. The zero-order chi connectivity index (χ0) is 33.3. The Morgan fingerprint density at radius 2 is 1.54 bits per heavy atom. The van der Waals surface area contributed by atoms with Crippen molar-refractivity contribution in [2.24, 2.45) is 0 Å². The number of nitrogens with one attached hydrogen (secondary N) is 1. The fraction of sp³-hybridized carbons (Fsp3) is 0.257. The first-order valence-electron chi connectivity index (χ1n) is 14.8. The summed E-state index contributed by atoms with van der Waals surface area (Å²) >= 11 is 6.32. The molecule has 8 nitrogen and oxygen atoms in total. The summed E-state index contributed by atoms with van der Waals surface area (Å²) in [7, 11) is -2.95. The van der Waals surface area contributed by atoms with E-state index in [0.29, 0.717) is 12.0 Å². The molecular weight excluding hydrogens is 629 g/mol. The maximum Gasteiger partial charge on any atom is 0.264 e. The van der Waals surface area contributed by atoms with Crippen LogP contribution in [0.1, 0.15) is 31.4 Å². The molecule has 0 aromatic heterocycles. The molecule has 242 valence electrons. The lowest BCUT2D eigenvalue weighted by molar-refractivity contribution is -0.140. The molecule has 0 fully saturated rings. The van der Waals surface area contributed by atoms with Crippen molar-refractivity contribution in [2.45, 2.75) is 50.2 Å². The van der Waals surface area contributed by atoms with Crippen molar-refractivity contribution in [2.75, 3.05) is 18.0 Å². The minimum Gasteiger partial charge on any atom is -0.495 e. The van der Waals surface area contributed by atoms with Gasteiger partial charge < -0.3 is 15.0 Å². The van der Waals surface area contributed by atoms with Crippen LogP contribution in [0.5, 0.6) is 5.75 Å². The summed E-state index contributed by atoms with van der Waals surface area (Å²) in [6.07, 6.45) is 0.815. The number of halogens is 2. The van der Waals surface area contributed by atoms with E-state index in [9.17, 15) is 22.4 Å². The number of hydrogen-bond donors (Lipinski definition) is 1. The molecule has 1 N–H and O–H groups in total. The number of sulfonamides is 1. The first-order valence-corrected chi connectivity index (χ1v) is 16.6. The predicted molar refractivity (Wildman–Crippen MR) is 178 cm³/mol. The summed E-state index contributed by atoms with van der Waals surface area (Å²) in [5, 5.41) is 3.22. The molecule has 0 saturated carbocycles. The molecule has 0 aliphatic rings. The van der Waals surface area contributed by atoms with Gasteiger partial charge in [0, 0.05) is 24.0 Å². The molecule has 4 aromatic carbocycles. The molecule has 0 aliphatic heterocycles. The molecule has 2 amide bonds. The average molecular weight is 666 g/mol. The maximum atomic E-state index is 14.5. The van der Waals surface area contributed by atoms with E-state index in [4.69, 9.17) is 16.3 Å². The number of rotatable bonds is 14. The summed E-state index contributed by atoms with van der Waals surface area (Å²) in [6, 6.07) is 25.8. The van der Waals surface area contributed by atoms with Crippen LogP contribution in [0.2, 0.25) is 5.02 Å². The SMILES string of the molecule is CC[C@@H](C)NC(=O)[C@@H](Cc1ccccc1)N(Cc1ccc(F)cc1)C(=O)CN(c1cc(Cl)ccc1OC)S(=O)(=O)c1ccccc1. The van der Waals surface area contributed by atoms with E-state index in [1.807, 2.05) is 44.2 Å². The molecular formula is C35H37ClFN3O5S. The number of hydrogen-bond acceptors (Lipinski definition) is 5. The fourth-order valence-electron chi connectivity index (χ4n) is 4.87. The standard InChI is InChI=1S/C35H37ClFN3O5S/c1-4-25(2)38-35(42)32(21-26-11-7-5-8-12-26)39(23-27-15-18-29(37)19-16-27)34(41)24-40(31-22-28(36)17-20-33(31)45-3)46(43,44)30-13-9-6-10-14-30/h5-20,22,25,32H,4,21,23-24H2,1-3H3,(H,38,42)/t25-,32-/m1/s1. The summed E-state index contributed by atoms with van der Waals surface area (Å²) in [5.74, 6) is -1.33. The summed E-state index contributed by atoms with van der Waals surface area (Å²) in [6.45, 7) is 3.03. The minimum atomic E-state index is -4.34. The van der Waals surface area contributed by atoms with Crippen LogP contribution in [-0.2, 0) is 32.6 Å². The largest absolute Gasteiger partial charge is 0.495 e. The van der Waals surface area contributed by atoms with Crippen molar-refractivity contribution in [1.29, 1.82) is 0 Å². The number of benzene rings is 4. The second kappa shape index (κ2) is 15.7. The smallest absolute Gasteiger partial charge is 0.264 e. The van der Waals surface area contributed by atoms with Crippen molar-refractivity contribution in [3.8, 4) is 5.75 Å². The third-order valence-corrected chi connectivity index (χ3v) is 9.57. The Morgan fingerprint density at radius 3 is 2.15 bits per heavy atom. The van der Waals surface area contributed by atoms with Gasteiger partial charge in [-0.1, -0.05) is 79.2 Å². The molecule has 4 aromatic rings. The van der Waals surface area contributed by atoms with Gasteiger partial charge >= 0.3 is 0 Å². The van der Waals surface area contributed by atoms with E-state index in [0.717, 1.165) is 9.87 Å². The molecule has 11 heteroatoms. The topological polar surface area (TPSA) is 96.0 Å². The molecule has 2 atom stereocenters. The third kappa shape index (κ3) is 8.64. The zero-order valence-corrected chi connectivity index (χ0v) is 27.5. The molecule has 0 spiro atoms. The van der Waals surface area contributed by atoms with Gasteiger partial charge in [0.2, 0.25) is 11.8 Å². The van der Waals surface area contributed by atoms with E-state index in [2.05, 4.69) is 5.32 Å². The van der Waals surface area contributed by atoms with Crippen LogP contribution in [0.3, 0.4) is 0 Å². The second-order valence-corrected chi connectivity index (χ2v) is 13.1. The Balaban J connectivity index is 1.84. The van der Waals surface area contributed by atoms with Gasteiger partial charge in [0.05, 0.1) is 17.7 Å². The van der Waals surface area contributed by atoms with Gasteiger partial charge in [-0.3, -0.25) is 13.9 Å². The van der Waals surface area contributed by atoms with Gasteiger partial charge in [0.25, 0.3) is 10.0 Å². The quantitative estimate of drug-likeness (QED) is 0.172. The normalized spacial score (nSPS) is 12.5. The molecule has 0 saturated heterocycles. The monoisotopic (exact) mass is 665 g/mol. The van der Waals surface area contributed by atoms with Crippen molar-refractivity contribution in [3.05, 3.63) is 125 Å². The van der Waals surface area contributed by atoms with E-state index >= 15 is 0 Å². The van der Waals surface area contributed by atoms with Crippen molar-refractivity contribution >= 4 is 39.1 Å². The molecule has 0 heterocycles. The zero-order valence-electron chi connectivity index (χ0n) is 25.9. The maximum absolute atomic E-state index is 14.5. The van der Waals surface area contributed by atoms with Crippen LogP contribution in [0.25, 0.3) is 0 Å². The van der Waals surface area contributed by atoms with Gasteiger partial charge in [-0.05, 0) is 66.9 Å². The van der Waals surface area contributed by atoms with E-state index in [1.54, 1.807) is 24.3 Å². The fourth-order valence-corrected chi connectivity index (χ4v) is 6.48. The van der Waals surface area contributed by atoms with Gasteiger partial charge in [-0.25, -0.2) is 12.8 Å². The van der Waals surface area contributed by atoms with Gasteiger partial charge in [-0.2, -0.15) is 0 Å². The van der Waals surface area contributed by atoms with Crippen LogP contribution in [0, 0.1) is 5.82 Å². The summed E-state index contributed by atoms with van der Waals surface area (Å²) < 4.78 is 48.7. The summed E-state index contributed by atoms with van der Waals surface area (Å²) in [5.41, 5.74) is 1.41. The molecule has 46 heavy (non-hydrogen) atoms. The van der Waals surface area contributed by atoms with Crippen LogP contribution in [0.4, 0.5) is 10.1 Å². The number of amides is 2. The lowest BCUT2D eigenvalue weighted by Crippen LogP contribution is -2.54. The number of ether oxygens (including phenoxy) is 1. The van der Waals surface area contributed by atoms with Crippen LogP contribution in [-0.4, -0.2) is 50.9 Å². The van der Waals surface area contributed by atoms with Gasteiger partial charge in [0.15, 0.2) is 0 Å². The Bertz CT molecular complexity index is 1720. The predicted octanol–water partition coefficient (Wildman–Crippen LogP) is 6.24. The molecule has 0 bridgehead atoms. The Kier molecular flexibility index (Phi) is 11.8. The highest BCUT2D eigenvalue weighted by atomic mass is 35.5. The van der Waals surface area contributed by atoms with Crippen LogP contribution in [0.15, 0.2) is 108 Å². The number of methoxy groups -OCH3 is 1. The molecule has 0 radical (unpaired) electrons. The lowest BCUT2D eigenvalue weighted by Gasteiger charge is -2.34. The number of anilines is 1. The Morgan fingerprint density at radius 1 is 0.913 bits per heavy atom. The van der Waals surface area contributed by atoms with Gasteiger partial charge in [-0.15, -0.1) is 0 Å². The van der Waals surface area contributed by atoms with Crippen LogP contribution >= 0.6 is 11.6 Å². The highest BCUT2D eigenvalue weighted by molar-refractivity contribution is 7.92. The Labute approximate surface area is 274 Å². The number of carbonyl (C=O) groups is 2. The minimum absolute atomic E-state index is 0.0507.